The van der Waals surface area contributed by atoms with Gasteiger partial charge in [-0.15, -0.1) is 0 Å². The van der Waals surface area contributed by atoms with Crippen molar-refractivity contribution in [2.45, 2.75) is 20.3 Å². The third kappa shape index (κ3) is 5.41. The molecule has 0 radical (unpaired) electrons. The average molecular weight is 263 g/mol. The van der Waals surface area contributed by atoms with Crippen molar-refractivity contribution < 1.29 is 4.79 Å². The van der Waals surface area contributed by atoms with Crippen molar-refractivity contribution in [3.63, 3.8) is 0 Å². The van der Waals surface area contributed by atoms with E-state index in [4.69, 9.17) is 5.73 Å². The molecule has 1 aromatic carbocycles. The topological polar surface area (TPSA) is 58.4 Å². The molecular formula is C15H25N3O. The minimum atomic E-state index is -0.00791. The van der Waals surface area contributed by atoms with Crippen LogP contribution in [0.1, 0.15) is 29.8 Å². The van der Waals surface area contributed by atoms with Gasteiger partial charge in [0.2, 0.25) is 0 Å². The van der Waals surface area contributed by atoms with E-state index in [1.165, 1.54) is 5.56 Å². The highest BCUT2D eigenvalue weighted by Crippen LogP contribution is 2.04. The fourth-order valence-electron chi connectivity index (χ4n) is 1.96. The van der Waals surface area contributed by atoms with E-state index in [1.54, 1.807) is 0 Å². The number of carbonyl (C=O) groups excluding carboxylic acids is 1. The lowest BCUT2D eigenvalue weighted by Crippen LogP contribution is -2.34. The molecule has 3 N–H and O–H groups in total. The first kappa shape index (κ1) is 15.7. The Morgan fingerprint density at radius 1 is 1.21 bits per heavy atom. The fraction of sp³-hybridized carbons (Fsp3) is 0.533. The van der Waals surface area contributed by atoms with E-state index in [9.17, 15) is 4.79 Å². The van der Waals surface area contributed by atoms with Gasteiger partial charge in [0.05, 0.1) is 0 Å². The summed E-state index contributed by atoms with van der Waals surface area (Å²) >= 11 is 0. The lowest BCUT2D eigenvalue weighted by atomic mass is 10.1. The van der Waals surface area contributed by atoms with Crippen molar-refractivity contribution >= 4 is 5.91 Å². The maximum atomic E-state index is 11.9. The number of nitrogens with one attached hydrogen (secondary N) is 1. The lowest BCUT2D eigenvalue weighted by molar-refractivity contribution is 0.0949. The number of amides is 1. The van der Waals surface area contributed by atoms with E-state index >= 15 is 0 Å². The Labute approximate surface area is 116 Å². The van der Waals surface area contributed by atoms with Crippen LogP contribution in [0.4, 0.5) is 0 Å². The van der Waals surface area contributed by atoms with Gasteiger partial charge in [-0.25, -0.2) is 0 Å². The molecule has 0 bridgehead atoms. The molecule has 1 aromatic rings. The Morgan fingerprint density at radius 3 is 2.37 bits per heavy atom. The second-order valence-electron chi connectivity index (χ2n) is 4.52. The molecule has 0 aromatic heterocycles. The van der Waals surface area contributed by atoms with Crippen molar-refractivity contribution in [3.05, 3.63) is 35.4 Å². The first-order valence-electron chi connectivity index (χ1n) is 7.00. The van der Waals surface area contributed by atoms with Gasteiger partial charge in [0, 0.05) is 18.7 Å². The zero-order valence-electron chi connectivity index (χ0n) is 12.0. The summed E-state index contributed by atoms with van der Waals surface area (Å²) < 4.78 is 0. The van der Waals surface area contributed by atoms with Crippen LogP contribution < -0.4 is 11.1 Å². The standard InChI is InChI=1S/C15H25N3O/c1-3-18(4-2)12-11-17-15(19)14-7-5-13(6-8-14)9-10-16/h5-8H,3-4,9-12,16H2,1-2H3,(H,17,19). The van der Waals surface area contributed by atoms with Crippen molar-refractivity contribution in [1.82, 2.24) is 10.2 Å². The van der Waals surface area contributed by atoms with E-state index in [0.717, 1.165) is 26.1 Å². The van der Waals surface area contributed by atoms with Gasteiger partial charge in [-0.05, 0) is 43.8 Å². The average Bonchev–Trinajstić information content (AvgIpc) is 2.44. The summed E-state index contributed by atoms with van der Waals surface area (Å²) in [5, 5.41) is 2.94. The van der Waals surface area contributed by atoms with Gasteiger partial charge in [-0.1, -0.05) is 26.0 Å². The summed E-state index contributed by atoms with van der Waals surface area (Å²) in [4.78, 5) is 14.2. The lowest BCUT2D eigenvalue weighted by Gasteiger charge is -2.17. The molecule has 4 nitrogen and oxygen atoms in total. The SMILES string of the molecule is CCN(CC)CCNC(=O)c1ccc(CCN)cc1. The molecule has 0 unspecified atom stereocenters. The monoisotopic (exact) mass is 263 g/mol. The second kappa shape index (κ2) is 8.67. The van der Waals surface area contributed by atoms with Crippen molar-refractivity contribution in [3.8, 4) is 0 Å². The van der Waals surface area contributed by atoms with E-state index in [1.807, 2.05) is 24.3 Å². The predicted molar refractivity (Wildman–Crippen MR) is 79.3 cm³/mol. The minimum Gasteiger partial charge on any atom is -0.351 e. The second-order valence-corrected chi connectivity index (χ2v) is 4.52. The van der Waals surface area contributed by atoms with E-state index < -0.39 is 0 Å². The largest absolute Gasteiger partial charge is 0.351 e. The number of hydrogen-bond donors (Lipinski definition) is 2. The molecule has 0 aliphatic rings. The summed E-state index contributed by atoms with van der Waals surface area (Å²) in [6, 6.07) is 7.65. The molecule has 0 fully saturated rings. The summed E-state index contributed by atoms with van der Waals surface area (Å²) in [6.07, 6.45) is 0.851. The highest BCUT2D eigenvalue weighted by Gasteiger charge is 2.05. The molecule has 0 atom stereocenters. The normalized spacial score (nSPS) is 10.7. The molecule has 1 rings (SSSR count). The van der Waals surface area contributed by atoms with Crippen molar-refractivity contribution in [2.24, 2.45) is 5.73 Å². The van der Waals surface area contributed by atoms with Gasteiger partial charge in [0.15, 0.2) is 0 Å². The van der Waals surface area contributed by atoms with Crippen molar-refractivity contribution in [2.75, 3.05) is 32.7 Å². The van der Waals surface area contributed by atoms with Crippen molar-refractivity contribution in [1.29, 1.82) is 0 Å². The van der Waals surface area contributed by atoms with Crippen LogP contribution in [0.5, 0.6) is 0 Å². The Balaban J connectivity index is 2.40. The summed E-state index contributed by atoms with van der Waals surface area (Å²) in [6.45, 7) is 8.49. The molecule has 0 saturated heterocycles. The summed E-state index contributed by atoms with van der Waals surface area (Å²) in [5.41, 5.74) is 7.37. The molecule has 0 heterocycles. The van der Waals surface area contributed by atoms with E-state index in [0.29, 0.717) is 18.7 Å². The quantitative estimate of drug-likeness (QED) is 0.742. The Hall–Kier alpha value is -1.39. The number of nitrogens with zero attached hydrogens (tertiary/aromatic N) is 1. The Bertz CT molecular complexity index is 371. The molecular weight excluding hydrogens is 238 g/mol. The number of carbonyl (C=O) groups is 1. The first-order valence-corrected chi connectivity index (χ1v) is 7.00. The predicted octanol–water partition coefficient (Wildman–Crippen LogP) is 1.26. The third-order valence-electron chi connectivity index (χ3n) is 3.26. The molecule has 19 heavy (non-hydrogen) atoms. The number of likely N-dealkylation sites (N-methyl/N-ethyl adjacent to an activating group) is 1. The van der Waals surface area contributed by atoms with Crippen LogP contribution in [0.2, 0.25) is 0 Å². The van der Waals surface area contributed by atoms with Gasteiger partial charge in [-0.2, -0.15) is 0 Å². The highest BCUT2D eigenvalue weighted by molar-refractivity contribution is 5.94. The van der Waals surface area contributed by atoms with Crippen LogP contribution in [0, 0.1) is 0 Å². The van der Waals surface area contributed by atoms with Crippen LogP contribution in [0.15, 0.2) is 24.3 Å². The highest BCUT2D eigenvalue weighted by atomic mass is 16.1. The number of benzene rings is 1. The zero-order valence-corrected chi connectivity index (χ0v) is 12.0. The minimum absolute atomic E-state index is 0.00791. The first-order chi connectivity index (χ1) is 9.21. The maximum Gasteiger partial charge on any atom is 0.251 e. The van der Waals surface area contributed by atoms with Gasteiger partial charge in [-0.3, -0.25) is 4.79 Å². The van der Waals surface area contributed by atoms with E-state index in [-0.39, 0.29) is 5.91 Å². The summed E-state index contributed by atoms with van der Waals surface area (Å²) in [7, 11) is 0. The molecule has 0 aliphatic carbocycles. The number of nitrogens with two attached hydrogens (primary N) is 1. The third-order valence-corrected chi connectivity index (χ3v) is 3.26. The van der Waals surface area contributed by atoms with Crippen LogP contribution in [-0.4, -0.2) is 43.5 Å². The summed E-state index contributed by atoms with van der Waals surface area (Å²) in [5.74, 6) is -0.00791. The number of hydrogen-bond acceptors (Lipinski definition) is 3. The van der Waals surface area contributed by atoms with Gasteiger partial charge >= 0.3 is 0 Å². The maximum absolute atomic E-state index is 11.9. The smallest absolute Gasteiger partial charge is 0.251 e. The molecule has 0 aliphatic heterocycles. The van der Waals surface area contributed by atoms with Gasteiger partial charge in [0.1, 0.15) is 0 Å². The molecule has 1 amide bonds. The molecule has 4 heteroatoms. The van der Waals surface area contributed by atoms with Crippen LogP contribution >= 0.6 is 0 Å². The molecule has 0 saturated carbocycles. The Morgan fingerprint density at radius 2 is 1.84 bits per heavy atom. The van der Waals surface area contributed by atoms with Crippen LogP contribution in [0.25, 0.3) is 0 Å². The van der Waals surface area contributed by atoms with Gasteiger partial charge < -0.3 is 16.0 Å². The van der Waals surface area contributed by atoms with E-state index in [2.05, 4.69) is 24.1 Å². The molecule has 0 spiro atoms. The Kier molecular flexibility index (Phi) is 7.15. The van der Waals surface area contributed by atoms with Gasteiger partial charge in [0.25, 0.3) is 5.91 Å². The number of rotatable bonds is 8. The zero-order chi connectivity index (χ0) is 14.1. The fourth-order valence-corrected chi connectivity index (χ4v) is 1.96. The van der Waals surface area contributed by atoms with Crippen LogP contribution in [-0.2, 0) is 6.42 Å². The molecule has 106 valence electrons. The van der Waals surface area contributed by atoms with Crippen LogP contribution in [0.3, 0.4) is 0 Å².